The number of rotatable bonds is 6. The van der Waals surface area contributed by atoms with Gasteiger partial charge in [0.1, 0.15) is 5.82 Å². The number of nitrogens with two attached hydrogens (primary N) is 2. The second kappa shape index (κ2) is 9.06. The minimum Gasteiger partial charge on any atom is -0.383 e. The lowest BCUT2D eigenvalue weighted by Crippen LogP contribution is -2.42. The monoisotopic (exact) mass is 408 g/mol. The SMILES string of the molecule is Cc1nc(N)nc(N)c1CCNC1CCN(Cc2ccc(Cl)c(Cl)c2)CC1. The summed E-state index contributed by atoms with van der Waals surface area (Å²) in [6.45, 7) is 5.80. The molecule has 1 saturated heterocycles. The Morgan fingerprint density at radius 2 is 1.89 bits per heavy atom. The highest BCUT2D eigenvalue weighted by Crippen LogP contribution is 2.24. The molecule has 3 rings (SSSR count). The maximum atomic E-state index is 6.11. The summed E-state index contributed by atoms with van der Waals surface area (Å²) in [6, 6.07) is 6.38. The van der Waals surface area contributed by atoms with E-state index in [9.17, 15) is 0 Å². The number of piperidine rings is 1. The number of aryl methyl sites for hydroxylation is 1. The standard InChI is InChI=1S/C19H26Cl2N6/c1-12-15(18(22)26-19(23)25-12)4-7-24-14-5-8-27(9-6-14)11-13-2-3-16(20)17(21)10-13/h2-3,10,14,24H,4-9,11H2,1H3,(H4,22,23,25,26). The van der Waals surface area contributed by atoms with E-state index in [1.54, 1.807) is 0 Å². The summed E-state index contributed by atoms with van der Waals surface area (Å²) in [4.78, 5) is 10.7. The van der Waals surface area contributed by atoms with Gasteiger partial charge in [0.25, 0.3) is 0 Å². The summed E-state index contributed by atoms with van der Waals surface area (Å²) in [7, 11) is 0. The Labute approximate surface area is 170 Å². The van der Waals surface area contributed by atoms with E-state index in [1.807, 2.05) is 25.1 Å². The van der Waals surface area contributed by atoms with Crippen molar-refractivity contribution in [3.63, 3.8) is 0 Å². The van der Waals surface area contributed by atoms with Crippen molar-refractivity contribution in [3.8, 4) is 0 Å². The molecule has 0 bridgehead atoms. The quantitative estimate of drug-likeness (QED) is 0.679. The van der Waals surface area contributed by atoms with E-state index in [-0.39, 0.29) is 5.95 Å². The minimum absolute atomic E-state index is 0.232. The van der Waals surface area contributed by atoms with Gasteiger partial charge in [-0.05, 0) is 63.5 Å². The Kier molecular flexibility index (Phi) is 6.76. The lowest BCUT2D eigenvalue weighted by Gasteiger charge is -2.32. The summed E-state index contributed by atoms with van der Waals surface area (Å²) in [5.41, 5.74) is 14.6. The number of anilines is 2. The zero-order valence-electron chi connectivity index (χ0n) is 15.5. The van der Waals surface area contributed by atoms with Gasteiger partial charge in [-0.15, -0.1) is 0 Å². The second-order valence-electron chi connectivity index (χ2n) is 7.03. The zero-order chi connectivity index (χ0) is 19.4. The van der Waals surface area contributed by atoms with Crippen molar-refractivity contribution in [2.45, 2.75) is 38.8 Å². The fourth-order valence-corrected chi connectivity index (χ4v) is 3.86. The lowest BCUT2D eigenvalue weighted by atomic mass is 10.0. The van der Waals surface area contributed by atoms with Crippen LogP contribution in [0.5, 0.6) is 0 Å². The van der Waals surface area contributed by atoms with Gasteiger partial charge >= 0.3 is 0 Å². The van der Waals surface area contributed by atoms with Gasteiger partial charge in [0.15, 0.2) is 0 Å². The third-order valence-corrected chi connectivity index (χ3v) is 5.79. The van der Waals surface area contributed by atoms with Crippen LogP contribution in [0, 0.1) is 6.92 Å². The van der Waals surface area contributed by atoms with E-state index in [4.69, 9.17) is 34.7 Å². The molecular formula is C19H26Cl2N6. The molecule has 0 atom stereocenters. The molecule has 1 aliphatic rings. The number of likely N-dealkylation sites (tertiary alicyclic amines) is 1. The second-order valence-corrected chi connectivity index (χ2v) is 7.85. The van der Waals surface area contributed by atoms with Crippen LogP contribution >= 0.6 is 23.2 Å². The highest BCUT2D eigenvalue weighted by atomic mass is 35.5. The fourth-order valence-electron chi connectivity index (χ4n) is 3.54. The maximum Gasteiger partial charge on any atom is 0.222 e. The van der Waals surface area contributed by atoms with E-state index in [2.05, 4.69) is 20.2 Å². The summed E-state index contributed by atoms with van der Waals surface area (Å²) >= 11 is 12.1. The molecule has 0 aliphatic carbocycles. The Morgan fingerprint density at radius 1 is 1.15 bits per heavy atom. The van der Waals surface area contributed by atoms with Crippen molar-refractivity contribution in [2.24, 2.45) is 0 Å². The molecule has 1 fully saturated rings. The minimum atomic E-state index is 0.232. The molecule has 6 nitrogen and oxygen atoms in total. The lowest BCUT2D eigenvalue weighted by molar-refractivity contribution is 0.191. The average molecular weight is 409 g/mol. The van der Waals surface area contributed by atoms with Crippen LogP contribution < -0.4 is 16.8 Å². The molecule has 27 heavy (non-hydrogen) atoms. The first-order chi connectivity index (χ1) is 12.9. The Bertz CT molecular complexity index is 767. The predicted octanol–water partition coefficient (Wildman–Crippen LogP) is 3.05. The van der Waals surface area contributed by atoms with Crippen LogP contribution in [0.3, 0.4) is 0 Å². The number of nitrogens with zero attached hydrogens (tertiary/aromatic N) is 3. The number of aromatic nitrogens is 2. The molecule has 1 aromatic heterocycles. The van der Waals surface area contributed by atoms with Crippen molar-refractivity contribution >= 4 is 35.0 Å². The third-order valence-electron chi connectivity index (χ3n) is 5.05. The first-order valence-corrected chi connectivity index (χ1v) is 9.96. The Hall–Kier alpha value is -1.60. The van der Waals surface area contributed by atoms with Crippen molar-refractivity contribution < 1.29 is 0 Å². The van der Waals surface area contributed by atoms with Gasteiger partial charge in [0.05, 0.1) is 10.0 Å². The summed E-state index contributed by atoms with van der Waals surface area (Å²) in [6.07, 6.45) is 3.05. The van der Waals surface area contributed by atoms with E-state index >= 15 is 0 Å². The maximum absolute atomic E-state index is 6.11. The average Bonchev–Trinajstić information content (AvgIpc) is 2.62. The van der Waals surface area contributed by atoms with E-state index in [0.29, 0.717) is 21.9 Å². The molecule has 146 valence electrons. The number of nitrogens with one attached hydrogen (secondary N) is 1. The molecule has 1 aromatic carbocycles. The van der Waals surface area contributed by atoms with Gasteiger partial charge in [-0.25, -0.2) is 4.98 Å². The van der Waals surface area contributed by atoms with Crippen molar-refractivity contribution in [1.29, 1.82) is 0 Å². The molecule has 0 spiro atoms. The van der Waals surface area contributed by atoms with E-state index < -0.39 is 0 Å². The van der Waals surface area contributed by atoms with Crippen LogP contribution in [0.15, 0.2) is 18.2 Å². The summed E-state index contributed by atoms with van der Waals surface area (Å²) in [5, 5.41) is 4.85. The topological polar surface area (TPSA) is 93.1 Å². The van der Waals surface area contributed by atoms with Gasteiger partial charge < -0.3 is 16.8 Å². The van der Waals surface area contributed by atoms with Crippen LogP contribution in [0.2, 0.25) is 10.0 Å². The molecule has 5 N–H and O–H groups in total. The molecular weight excluding hydrogens is 383 g/mol. The smallest absolute Gasteiger partial charge is 0.222 e. The van der Waals surface area contributed by atoms with Crippen LogP contribution in [0.1, 0.15) is 29.7 Å². The number of hydrogen-bond donors (Lipinski definition) is 3. The largest absolute Gasteiger partial charge is 0.383 e. The molecule has 0 saturated carbocycles. The van der Waals surface area contributed by atoms with Gasteiger partial charge in [-0.3, -0.25) is 4.90 Å². The highest BCUT2D eigenvalue weighted by molar-refractivity contribution is 6.42. The van der Waals surface area contributed by atoms with Crippen LogP contribution in [-0.4, -0.2) is 40.5 Å². The van der Waals surface area contributed by atoms with Crippen LogP contribution in [0.4, 0.5) is 11.8 Å². The molecule has 1 aliphatic heterocycles. The van der Waals surface area contributed by atoms with Crippen molar-refractivity contribution in [1.82, 2.24) is 20.2 Å². The molecule has 8 heteroatoms. The summed E-state index contributed by atoms with van der Waals surface area (Å²) < 4.78 is 0. The zero-order valence-corrected chi connectivity index (χ0v) is 17.0. The van der Waals surface area contributed by atoms with E-state index in [0.717, 1.165) is 56.7 Å². The molecule has 2 heterocycles. The third kappa shape index (κ3) is 5.45. The highest BCUT2D eigenvalue weighted by Gasteiger charge is 2.19. The fraction of sp³-hybridized carbons (Fsp3) is 0.474. The first-order valence-electron chi connectivity index (χ1n) is 9.20. The molecule has 0 amide bonds. The molecule has 0 unspecified atom stereocenters. The van der Waals surface area contributed by atoms with E-state index in [1.165, 1.54) is 5.56 Å². The van der Waals surface area contributed by atoms with Gasteiger partial charge in [0, 0.05) is 23.8 Å². The van der Waals surface area contributed by atoms with Crippen LogP contribution in [-0.2, 0) is 13.0 Å². The molecule has 0 radical (unpaired) electrons. The predicted molar refractivity (Wildman–Crippen MR) is 112 cm³/mol. The number of hydrogen-bond acceptors (Lipinski definition) is 6. The van der Waals surface area contributed by atoms with Gasteiger partial charge in [-0.1, -0.05) is 29.3 Å². The molecule has 2 aromatic rings. The van der Waals surface area contributed by atoms with Gasteiger partial charge in [0.2, 0.25) is 5.95 Å². The Balaban J connectivity index is 1.43. The number of benzene rings is 1. The first kappa shape index (κ1) is 20.1. The number of halogens is 2. The number of nitrogen functional groups attached to an aromatic ring is 2. The van der Waals surface area contributed by atoms with Crippen LogP contribution in [0.25, 0.3) is 0 Å². The van der Waals surface area contributed by atoms with Crippen molar-refractivity contribution in [2.75, 3.05) is 31.1 Å². The summed E-state index contributed by atoms with van der Waals surface area (Å²) in [5.74, 6) is 0.717. The van der Waals surface area contributed by atoms with Crippen molar-refractivity contribution in [3.05, 3.63) is 45.1 Å². The Morgan fingerprint density at radius 3 is 2.56 bits per heavy atom. The normalized spacial score (nSPS) is 16.0. The van der Waals surface area contributed by atoms with Gasteiger partial charge in [-0.2, -0.15) is 4.98 Å².